The predicted octanol–water partition coefficient (Wildman–Crippen LogP) is 2.86. The second-order valence-electron chi connectivity index (χ2n) is 9.00. The van der Waals surface area contributed by atoms with Crippen LogP contribution < -0.4 is 10.1 Å². The Kier molecular flexibility index (Phi) is 9.78. The summed E-state index contributed by atoms with van der Waals surface area (Å²) in [5.74, 6) is 4.41. The summed E-state index contributed by atoms with van der Waals surface area (Å²) < 4.78 is 7.28. The SMILES string of the molecule is COc1ccc(CCNC(=NCc2nnc(C)n2C)N2CCC(CN3CCCC3)C2)cc1.I. The molecule has 4 rings (SSSR count). The van der Waals surface area contributed by atoms with E-state index in [-0.39, 0.29) is 24.0 Å². The lowest BCUT2D eigenvalue weighted by molar-refractivity contribution is 0.281. The molecule has 1 unspecified atom stereocenters. The van der Waals surface area contributed by atoms with Crippen molar-refractivity contribution < 1.29 is 4.74 Å². The number of aliphatic imine (C=N–C) groups is 1. The number of nitrogens with one attached hydrogen (secondary N) is 1. The molecule has 3 heterocycles. The lowest BCUT2D eigenvalue weighted by Gasteiger charge is -2.24. The first-order chi connectivity index (χ1) is 15.6. The standard InChI is InChI=1S/C24H37N7O.HI/c1-19-27-28-23(29(19)2)16-26-24(25-12-10-20-6-8-22(32-3)9-7-20)31-15-11-21(18-31)17-30-13-4-5-14-30;/h6-9,21H,4-5,10-18H2,1-3H3,(H,25,26);1H. The van der Waals surface area contributed by atoms with Gasteiger partial charge in [0.1, 0.15) is 18.1 Å². The number of rotatable bonds is 8. The summed E-state index contributed by atoms with van der Waals surface area (Å²) >= 11 is 0. The van der Waals surface area contributed by atoms with Crippen LogP contribution in [0.3, 0.4) is 0 Å². The minimum absolute atomic E-state index is 0. The van der Waals surface area contributed by atoms with Crippen molar-refractivity contribution in [2.24, 2.45) is 18.0 Å². The minimum Gasteiger partial charge on any atom is -0.497 e. The van der Waals surface area contributed by atoms with E-state index in [4.69, 9.17) is 9.73 Å². The van der Waals surface area contributed by atoms with Crippen molar-refractivity contribution in [1.82, 2.24) is 29.9 Å². The second kappa shape index (κ2) is 12.5. The number of nitrogens with zero attached hydrogens (tertiary/aromatic N) is 6. The van der Waals surface area contributed by atoms with Crippen LogP contribution in [0.15, 0.2) is 29.3 Å². The Morgan fingerprint density at radius 1 is 1.15 bits per heavy atom. The van der Waals surface area contributed by atoms with Crippen LogP contribution >= 0.6 is 24.0 Å². The van der Waals surface area contributed by atoms with E-state index in [1.165, 1.54) is 44.5 Å². The molecule has 2 fully saturated rings. The van der Waals surface area contributed by atoms with Gasteiger partial charge >= 0.3 is 0 Å². The van der Waals surface area contributed by atoms with Crippen LogP contribution in [-0.2, 0) is 20.0 Å². The fraction of sp³-hybridized carbons (Fsp3) is 0.625. The average Bonchev–Trinajstić information content (AvgIpc) is 3.56. The largest absolute Gasteiger partial charge is 0.497 e. The fourth-order valence-corrected chi connectivity index (χ4v) is 4.62. The van der Waals surface area contributed by atoms with E-state index in [9.17, 15) is 0 Å². The smallest absolute Gasteiger partial charge is 0.194 e. The van der Waals surface area contributed by atoms with Gasteiger partial charge < -0.3 is 24.4 Å². The molecule has 0 amide bonds. The Morgan fingerprint density at radius 3 is 2.58 bits per heavy atom. The van der Waals surface area contributed by atoms with Crippen molar-refractivity contribution in [2.75, 3.05) is 46.4 Å². The monoisotopic (exact) mass is 567 g/mol. The molecule has 1 atom stereocenters. The number of halogens is 1. The van der Waals surface area contributed by atoms with Crippen molar-refractivity contribution >= 4 is 29.9 Å². The molecule has 2 aromatic rings. The van der Waals surface area contributed by atoms with E-state index in [2.05, 4.69) is 37.4 Å². The van der Waals surface area contributed by atoms with Crippen LogP contribution in [0.4, 0.5) is 0 Å². The summed E-state index contributed by atoms with van der Waals surface area (Å²) in [5.41, 5.74) is 1.29. The fourth-order valence-electron chi connectivity index (χ4n) is 4.62. The number of aromatic nitrogens is 3. The molecule has 0 saturated carbocycles. The van der Waals surface area contributed by atoms with Gasteiger partial charge in [0.15, 0.2) is 11.8 Å². The highest BCUT2D eigenvalue weighted by molar-refractivity contribution is 14.0. The van der Waals surface area contributed by atoms with Crippen LogP contribution in [0.5, 0.6) is 5.75 Å². The van der Waals surface area contributed by atoms with Gasteiger partial charge in [0.25, 0.3) is 0 Å². The van der Waals surface area contributed by atoms with Gasteiger partial charge in [-0.25, -0.2) is 4.99 Å². The van der Waals surface area contributed by atoms with E-state index in [0.29, 0.717) is 6.54 Å². The average molecular weight is 568 g/mol. The number of guanidine groups is 1. The lowest BCUT2D eigenvalue weighted by atomic mass is 10.1. The summed E-state index contributed by atoms with van der Waals surface area (Å²) in [6, 6.07) is 8.29. The third-order valence-corrected chi connectivity index (χ3v) is 6.71. The van der Waals surface area contributed by atoms with Crippen molar-refractivity contribution in [2.45, 2.75) is 39.2 Å². The van der Waals surface area contributed by atoms with Crippen LogP contribution in [0, 0.1) is 12.8 Å². The van der Waals surface area contributed by atoms with E-state index >= 15 is 0 Å². The zero-order chi connectivity index (χ0) is 22.3. The van der Waals surface area contributed by atoms with Gasteiger partial charge in [0.05, 0.1) is 7.11 Å². The first-order valence-electron chi connectivity index (χ1n) is 11.9. The third kappa shape index (κ3) is 7.05. The molecule has 2 aliphatic heterocycles. The highest BCUT2D eigenvalue weighted by atomic mass is 127. The van der Waals surface area contributed by atoms with Crippen molar-refractivity contribution in [3.8, 4) is 5.75 Å². The molecule has 33 heavy (non-hydrogen) atoms. The number of aryl methyl sites for hydroxylation is 1. The highest BCUT2D eigenvalue weighted by Crippen LogP contribution is 2.20. The van der Waals surface area contributed by atoms with Gasteiger partial charge in [0, 0.05) is 33.2 Å². The number of hydrogen-bond donors (Lipinski definition) is 1. The molecule has 9 heteroatoms. The molecule has 1 N–H and O–H groups in total. The molecule has 2 aliphatic rings. The molecule has 182 valence electrons. The summed E-state index contributed by atoms with van der Waals surface area (Å²) in [6.07, 6.45) is 4.89. The molecule has 0 radical (unpaired) electrons. The first-order valence-corrected chi connectivity index (χ1v) is 11.9. The zero-order valence-electron chi connectivity index (χ0n) is 20.2. The van der Waals surface area contributed by atoms with E-state index in [1.54, 1.807) is 7.11 Å². The Morgan fingerprint density at radius 2 is 1.91 bits per heavy atom. The molecule has 0 aliphatic carbocycles. The van der Waals surface area contributed by atoms with Crippen LogP contribution in [0.2, 0.25) is 0 Å². The Bertz CT molecular complexity index is 893. The van der Waals surface area contributed by atoms with Crippen LogP contribution in [0.1, 0.15) is 36.5 Å². The van der Waals surface area contributed by atoms with Crippen LogP contribution in [-0.4, -0.2) is 76.9 Å². The number of ether oxygens (including phenoxy) is 1. The highest BCUT2D eigenvalue weighted by Gasteiger charge is 2.27. The number of benzene rings is 1. The van der Waals surface area contributed by atoms with Crippen molar-refractivity contribution in [1.29, 1.82) is 0 Å². The first kappa shape index (κ1) is 25.7. The molecule has 2 saturated heterocycles. The van der Waals surface area contributed by atoms with E-state index in [1.807, 2.05) is 30.7 Å². The number of likely N-dealkylation sites (tertiary alicyclic amines) is 2. The minimum atomic E-state index is 0. The molecule has 1 aromatic carbocycles. The van der Waals surface area contributed by atoms with Gasteiger partial charge in [-0.3, -0.25) is 0 Å². The normalized spacial score (nSPS) is 19.1. The van der Waals surface area contributed by atoms with Gasteiger partial charge in [-0.05, 0) is 69.3 Å². The summed E-state index contributed by atoms with van der Waals surface area (Å²) in [7, 11) is 3.70. The summed E-state index contributed by atoms with van der Waals surface area (Å²) in [6.45, 7) is 9.24. The summed E-state index contributed by atoms with van der Waals surface area (Å²) in [5, 5.41) is 12.1. The predicted molar refractivity (Wildman–Crippen MR) is 142 cm³/mol. The van der Waals surface area contributed by atoms with Gasteiger partial charge in [-0.1, -0.05) is 12.1 Å². The Hall–Kier alpha value is -1.88. The lowest BCUT2D eigenvalue weighted by Crippen LogP contribution is -2.41. The second-order valence-corrected chi connectivity index (χ2v) is 9.00. The number of hydrogen-bond acceptors (Lipinski definition) is 5. The zero-order valence-corrected chi connectivity index (χ0v) is 22.5. The van der Waals surface area contributed by atoms with E-state index in [0.717, 1.165) is 55.3 Å². The molecular formula is C24H38IN7O. The quantitative estimate of drug-likeness (QED) is 0.301. The van der Waals surface area contributed by atoms with Gasteiger partial charge in [-0.2, -0.15) is 0 Å². The maximum Gasteiger partial charge on any atom is 0.194 e. The molecule has 1 aromatic heterocycles. The van der Waals surface area contributed by atoms with Crippen molar-refractivity contribution in [3.05, 3.63) is 41.5 Å². The Labute approximate surface area is 214 Å². The molecule has 8 nitrogen and oxygen atoms in total. The topological polar surface area (TPSA) is 70.8 Å². The molecule has 0 bridgehead atoms. The molecular weight excluding hydrogens is 529 g/mol. The van der Waals surface area contributed by atoms with Crippen molar-refractivity contribution in [3.63, 3.8) is 0 Å². The maximum atomic E-state index is 5.26. The Balaban J connectivity index is 0.00000306. The van der Waals surface area contributed by atoms with Crippen LogP contribution in [0.25, 0.3) is 0 Å². The van der Waals surface area contributed by atoms with Gasteiger partial charge in [-0.15, -0.1) is 34.2 Å². The number of methoxy groups -OCH3 is 1. The maximum absolute atomic E-state index is 5.26. The third-order valence-electron chi connectivity index (χ3n) is 6.71. The summed E-state index contributed by atoms with van der Waals surface area (Å²) in [4.78, 5) is 10.0. The molecule has 0 spiro atoms. The van der Waals surface area contributed by atoms with Gasteiger partial charge in [0.2, 0.25) is 0 Å². The van der Waals surface area contributed by atoms with E-state index < -0.39 is 0 Å².